The summed E-state index contributed by atoms with van der Waals surface area (Å²) in [5, 5.41) is 0. The van der Waals surface area contributed by atoms with E-state index in [0.29, 0.717) is 15.0 Å². The Labute approximate surface area is 173 Å². The predicted molar refractivity (Wildman–Crippen MR) is 111 cm³/mol. The Balaban J connectivity index is 1.60. The van der Waals surface area contributed by atoms with Crippen LogP contribution in [-0.2, 0) is 10.0 Å². The van der Waals surface area contributed by atoms with Crippen LogP contribution in [0.25, 0.3) is 0 Å². The molecule has 0 radical (unpaired) electrons. The van der Waals surface area contributed by atoms with E-state index in [-0.39, 0.29) is 9.77 Å². The van der Waals surface area contributed by atoms with E-state index >= 15 is 0 Å². The molecule has 10 heteroatoms. The zero-order valence-electron chi connectivity index (χ0n) is 14.2. The molecule has 0 aliphatic heterocycles. The Hall–Kier alpha value is -2.69. The standard InChI is InChI=1S/C18H14BrN3O4S2/c19-15-10-11-16(27-15)28(25,26)22-14-8-6-13(7-9-14)18(24)21-20-17(23)12-4-2-1-3-5-12/h1-11,22H,(H,20,23)(H,21,24). The first-order valence-electron chi connectivity index (χ1n) is 7.89. The van der Waals surface area contributed by atoms with Crippen LogP contribution in [0.2, 0.25) is 0 Å². The third-order valence-electron chi connectivity index (χ3n) is 3.54. The van der Waals surface area contributed by atoms with E-state index in [2.05, 4.69) is 31.5 Å². The number of thiophene rings is 1. The summed E-state index contributed by atoms with van der Waals surface area (Å²) in [6, 6.07) is 17.4. The van der Waals surface area contributed by atoms with Gasteiger partial charge >= 0.3 is 0 Å². The number of sulfonamides is 1. The number of anilines is 1. The lowest BCUT2D eigenvalue weighted by molar-refractivity contribution is 0.0846. The summed E-state index contributed by atoms with van der Waals surface area (Å²) in [5.41, 5.74) is 5.62. The number of hydrogen-bond acceptors (Lipinski definition) is 5. The fourth-order valence-corrected chi connectivity index (χ4v) is 5.25. The van der Waals surface area contributed by atoms with Gasteiger partial charge in [0.1, 0.15) is 4.21 Å². The minimum atomic E-state index is -3.70. The first kappa shape index (κ1) is 20.1. The molecule has 2 amide bonds. The minimum Gasteiger partial charge on any atom is -0.279 e. The third kappa shape index (κ3) is 4.97. The lowest BCUT2D eigenvalue weighted by Crippen LogP contribution is -2.41. The molecule has 0 fully saturated rings. The molecule has 1 heterocycles. The monoisotopic (exact) mass is 479 g/mol. The zero-order chi connectivity index (χ0) is 20.1. The molecule has 0 spiro atoms. The molecular weight excluding hydrogens is 466 g/mol. The second-order valence-corrected chi connectivity index (χ2v) is 9.89. The highest BCUT2D eigenvalue weighted by Gasteiger charge is 2.17. The Morgan fingerprint density at radius 2 is 1.36 bits per heavy atom. The molecule has 0 saturated carbocycles. The van der Waals surface area contributed by atoms with E-state index in [4.69, 9.17) is 0 Å². The highest BCUT2D eigenvalue weighted by molar-refractivity contribution is 9.11. The molecule has 3 rings (SSSR count). The van der Waals surface area contributed by atoms with Crippen molar-refractivity contribution in [3.05, 3.63) is 81.6 Å². The summed E-state index contributed by atoms with van der Waals surface area (Å²) in [5.74, 6) is -0.971. The van der Waals surface area contributed by atoms with Crippen molar-refractivity contribution in [2.45, 2.75) is 4.21 Å². The average Bonchev–Trinajstić information content (AvgIpc) is 3.14. The maximum absolute atomic E-state index is 12.3. The molecule has 28 heavy (non-hydrogen) atoms. The van der Waals surface area contributed by atoms with E-state index in [0.717, 1.165) is 11.3 Å². The molecule has 7 nitrogen and oxygen atoms in total. The van der Waals surface area contributed by atoms with Crippen LogP contribution in [0.5, 0.6) is 0 Å². The fraction of sp³-hybridized carbons (Fsp3) is 0. The van der Waals surface area contributed by atoms with Crippen molar-refractivity contribution in [3.63, 3.8) is 0 Å². The van der Waals surface area contributed by atoms with Gasteiger partial charge < -0.3 is 0 Å². The molecule has 0 bridgehead atoms. The van der Waals surface area contributed by atoms with Gasteiger partial charge in [0, 0.05) is 16.8 Å². The number of carbonyl (C=O) groups is 2. The van der Waals surface area contributed by atoms with Gasteiger partial charge in [0.05, 0.1) is 3.79 Å². The second kappa shape index (κ2) is 8.55. The summed E-state index contributed by atoms with van der Waals surface area (Å²) < 4.78 is 27.9. The number of rotatable bonds is 5. The fourth-order valence-electron chi connectivity index (χ4n) is 2.18. The van der Waals surface area contributed by atoms with Crippen molar-refractivity contribution >= 4 is 54.8 Å². The molecule has 2 aromatic carbocycles. The molecule has 0 unspecified atom stereocenters. The zero-order valence-corrected chi connectivity index (χ0v) is 17.4. The summed E-state index contributed by atoms with van der Waals surface area (Å²) in [7, 11) is -3.70. The van der Waals surface area contributed by atoms with Crippen molar-refractivity contribution in [2.75, 3.05) is 4.72 Å². The number of hydrogen-bond donors (Lipinski definition) is 3. The molecule has 0 atom stereocenters. The Kier molecular flexibility index (Phi) is 6.12. The van der Waals surface area contributed by atoms with Gasteiger partial charge in [-0.3, -0.25) is 25.2 Å². The number of benzene rings is 2. The SMILES string of the molecule is O=C(NNC(=O)c1ccc(NS(=O)(=O)c2ccc(Br)s2)cc1)c1ccccc1. The van der Waals surface area contributed by atoms with Crippen LogP contribution < -0.4 is 15.6 Å². The molecule has 0 aliphatic rings. The lowest BCUT2D eigenvalue weighted by Gasteiger charge is -2.09. The normalized spacial score (nSPS) is 10.9. The molecule has 144 valence electrons. The first-order valence-corrected chi connectivity index (χ1v) is 11.0. The van der Waals surface area contributed by atoms with Crippen molar-refractivity contribution in [1.29, 1.82) is 0 Å². The van der Waals surface area contributed by atoms with Gasteiger partial charge in [-0.1, -0.05) is 18.2 Å². The molecule has 0 saturated heterocycles. The van der Waals surface area contributed by atoms with Gasteiger partial charge in [-0.2, -0.15) is 0 Å². The van der Waals surface area contributed by atoms with Gasteiger partial charge in [-0.15, -0.1) is 11.3 Å². The van der Waals surface area contributed by atoms with Crippen LogP contribution in [0.15, 0.2) is 74.7 Å². The van der Waals surface area contributed by atoms with Gasteiger partial charge in [-0.25, -0.2) is 8.42 Å². The third-order valence-corrected chi connectivity index (χ3v) is 7.04. The molecule has 3 N–H and O–H groups in total. The van der Waals surface area contributed by atoms with Crippen LogP contribution in [0.3, 0.4) is 0 Å². The number of amides is 2. The van der Waals surface area contributed by atoms with Crippen LogP contribution >= 0.6 is 27.3 Å². The summed E-state index contributed by atoms with van der Waals surface area (Å²) in [6.07, 6.45) is 0. The Morgan fingerprint density at radius 3 is 1.89 bits per heavy atom. The van der Waals surface area contributed by atoms with Gasteiger partial charge in [-0.05, 0) is 64.5 Å². The molecule has 0 aliphatic carbocycles. The lowest BCUT2D eigenvalue weighted by atomic mass is 10.2. The maximum atomic E-state index is 12.3. The van der Waals surface area contributed by atoms with E-state index in [1.165, 1.54) is 30.3 Å². The van der Waals surface area contributed by atoms with E-state index in [1.807, 2.05) is 0 Å². The predicted octanol–water partition coefficient (Wildman–Crippen LogP) is 3.39. The Bertz CT molecular complexity index is 1100. The first-order chi connectivity index (χ1) is 13.3. The van der Waals surface area contributed by atoms with Crippen LogP contribution in [-0.4, -0.2) is 20.2 Å². The molecule has 1 aromatic heterocycles. The van der Waals surface area contributed by atoms with E-state index in [1.54, 1.807) is 36.4 Å². The van der Waals surface area contributed by atoms with Gasteiger partial charge in [0.15, 0.2) is 0 Å². The largest absolute Gasteiger partial charge is 0.279 e. The summed E-state index contributed by atoms with van der Waals surface area (Å²) in [4.78, 5) is 24.1. The van der Waals surface area contributed by atoms with Gasteiger partial charge in [0.25, 0.3) is 21.8 Å². The van der Waals surface area contributed by atoms with Crippen molar-refractivity contribution in [1.82, 2.24) is 10.9 Å². The second-order valence-electron chi connectivity index (χ2n) is 5.52. The van der Waals surface area contributed by atoms with E-state index < -0.39 is 21.8 Å². The van der Waals surface area contributed by atoms with Crippen molar-refractivity contribution in [2.24, 2.45) is 0 Å². The molecular formula is C18H14BrN3O4S2. The highest BCUT2D eigenvalue weighted by Crippen LogP contribution is 2.27. The van der Waals surface area contributed by atoms with Crippen molar-refractivity contribution < 1.29 is 18.0 Å². The summed E-state index contributed by atoms with van der Waals surface area (Å²) >= 11 is 4.32. The van der Waals surface area contributed by atoms with Crippen LogP contribution in [0.4, 0.5) is 5.69 Å². The summed E-state index contributed by atoms with van der Waals surface area (Å²) in [6.45, 7) is 0. The van der Waals surface area contributed by atoms with E-state index in [9.17, 15) is 18.0 Å². The number of hydrazine groups is 1. The van der Waals surface area contributed by atoms with Crippen LogP contribution in [0.1, 0.15) is 20.7 Å². The quantitative estimate of drug-likeness (QED) is 0.487. The Morgan fingerprint density at radius 1 is 0.786 bits per heavy atom. The smallest absolute Gasteiger partial charge is 0.271 e. The number of carbonyl (C=O) groups excluding carboxylic acids is 2. The number of nitrogens with one attached hydrogen (secondary N) is 3. The average molecular weight is 480 g/mol. The van der Waals surface area contributed by atoms with Crippen molar-refractivity contribution in [3.8, 4) is 0 Å². The number of halogens is 1. The highest BCUT2D eigenvalue weighted by atomic mass is 79.9. The topological polar surface area (TPSA) is 104 Å². The molecule has 3 aromatic rings. The maximum Gasteiger partial charge on any atom is 0.271 e. The van der Waals surface area contributed by atoms with Crippen LogP contribution in [0, 0.1) is 0 Å². The van der Waals surface area contributed by atoms with Gasteiger partial charge in [0.2, 0.25) is 0 Å². The minimum absolute atomic E-state index is 0.171.